The summed E-state index contributed by atoms with van der Waals surface area (Å²) in [7, 11) is 0. The molecule has 0 radical (unpaired) electrons. The number of carbonyl (C=O) groups is 1. The third kappa shape index (κ3) is 4.71. The summed E-state index contributed by atoms with van der Waals surface area (Å²) in [5.74, 6) is 0.204. The van der Waals surface area contributed by atoms with E-state index in [1.807, 2.05) is 67.7 Å². The van der Waals surface area contributed by atoms with Crippen LogP contribution in [0.2, 0.25) is 5.02 Å². The lowest BCUT2D eigenvalue weighted by atomic mass is 10.1. The Bertz CT molecular complexity index is 873. The number of hydrogen-bond donors (Lipinski definition) is 2. The van der Waals surface area contributed by atoms with Crippen LogP contribution in [0.4, 0.5) is 5.88 Å². The number of nitrogens with zero attached hydrogens (tertiary/aromatic N) is 1. The molecule has 0 aliphatic rings. The smallest absolute Gasteiger partial charge is 0.281 e. The van der Waals surface area contributed by atoms with Gasteiger partial charge in [-0.1, -0.05) is 58.7 Å². The van der Waals surface area contributed by atoms with Crippen LogP contribution < -0.4 is 10.6 Å². The number of carbonyl (C=O) groups excluding carboxylic acids is 1. The summed E-state index contributed by atoms with van der Waals surface area (Å²) in [6.07, 6.45) is 0. The van der Waals surface area contributed by atoms with Gasteiger partial charge in [-0.15, -0.1) is 0 Å². The van der Waals surface area contributed by atoms with Crippen molar-refractivity contribution in [1.82, 2.24) is 5.16 Å². The molecule has 6 heteroatoms. The van der Waals surface area contributed by atoms with Gasteiger partial charge in [0.2, 0.25) is 5.88 Å². The van der Waals surface area contributed by atoms with E-state index in [4.69, 9.17) is 16.1 Å². The Labute approximate surface area is 157 Å². The summed E-state index contributed by atoms with van der Waals surface area (Å²) in [5, 5.41) is 9.40. The Morgan fingerprint density at radius 3 is 2.58 bits per heavy atom. The second-order valence-electron chi connectivity index (χ2n) is 6.27. The molecule has 0 aliphatic carbocycles. The Hall–Kier alpha value is -2.63. The summed E-state index contributed by atoms with van der Waals surface area (Å²) in [4.78, 5) is 12.1. The van der Waals surface area contributed by atoms with E-state index in [-0.39, 0.29) is 18.5 Å². The minimum absolute atomic E-state index is 0.141. The summed E-state index contributed by atoms with van der Waals surface area (Å²) in [6, 6.07) is 17.5. The van der Waals surface area contributed by atoms with Gasteiger partial charge in [-0.2, -0.15) is 0 Å². The molecule has 1 aromatic heterocycles. The van der Waals surface area contributed by atoms with E-state index in [0.717, 1.165) is 11.1 Å². The summed E-state index contributed by atoms with van der Waals surface area (Å²) in [6.45, 7) is 4.35. The molecule has 5 nitrogen and oxygen atoms in total. The lowest BCUT2D eigenvalue weighted by molar-refractivity contribution is -0.682. The molecule has 1 amide bonds. The lowest BCUT2D eigenvalue weighted by Gasteiger charge is -2.10. The van der Waals surface area contributed by atoms with E-state index in [2.05, 4.69) is 10.5 Å². The molecular weight excluding hydrogens is 350 g/mol. The van der Waals surface area contributed by atoms with Gasteiger partial charge in [-0.3, -0.25) is 10.1 Å². The molecule has 0 fully saturated rings. The van der Waals surface area contributed by atoms with Crippen LogP contribution >= 0.6 is 11.6 Å². The highest BCUT2D eigenvalue weighted by atomic mass is 35.5. The molecule has 26 heavy (non-hydrogen) atoms. The van der Waals surface area contributed by atoms with Crippen LogP contribution in [-0.4, -0.2) is 17.6 Å². The van der Waals surface area contributed by atoms with Gasteiger partial charge in [0, 0.05) is 22.2 Å². The molecule has 0 unspecified atom stereocenters. The van der Waals surface area contributed by atoms with Crippen molar-refractivity contribution < 1.29 is 14.6 Å². The molecule has 0 saturated heterocycles. The van der Waals surface area contributed by atoms with Crippen LogP contribution in [0.25, 0.3) is 11.3 Å². The number of nitrogens with two attached hydrogens (primary N) is 1. The van der Waals surface area contributed by atoms with Crippen LogP contribution in [0.5, 0.6) is 0 Å². The topological polar surface area (TPSA) is 71.7 Å². The van der Waals surface area contributed by atoms with Crippen LogP contribution in [0.3, 0.4) is 0 Å². The molecular formula is C20H21ClN3O2+. The van der Waals surface area contributed by atoms with E-state index in [9.17, 15) is 4.79 Å². The second kappa shape index (κ2) is 8.17. The molecule has 1 heterocycles. The lowest BCUT2D eigenvalue weighted by Crippen LogP contribution is -2.86. The molecule has 3 rings (SSSR count). The Morgan fingerprint density at radius 1 is 1.19 bits per heavy atom. The maximum absolute atomic E-state index is 12.1. The molecule has 0 bridgehead atoms. The molecule has 0 spiro atoms. The highest BCUT2D eigenvalue weighted by Gasteiger charge is 2.14. The monoisotopic (exact) mass is 370 g/mol. The first kappa shape index (κ1) is 18.2. The predicted molar refractivity (Wildman–Crippen MR) is 102 cm³/mol. The van der Waals surface area contributed by atoms with Gasteiger partial charge in [-0.05, 0) is 26.0 Å². The van der Waals surface area contributed by atoms with Crippen molar-refractivity contribution in [2.45, 2.75) is 19.9 Å². The Balaban J connectivity index is 1.53. The first-order valence-corrected chi connectivity index (χ1v) is 8.81. The third-order valence-corrected chi connectivity index (χ3v) is 4.42. The first-order valence-electron chi connectivity index (χ1n) is 8.43. The number of anilines is 1. The zero-order valence-corrected chi connectivity index (χ0v) is 15.5. The maximum Gasteiger partial charge on any atom is 0.281 e. The normalized spacial score (nSPS) is 12.0. The zero-order valence-electron chi connectivity index (χ0n) is 14.7. The average molecular weight is 371 g/mol. The molecule has 134 valence electrons. The number of hydrogen-bond acceptors (Lipinski definition) is 3. The number of halogens is 1. The first-order chi connectivity index (χ1) is 12.5. The number of benzene rings is 2. The fraction of sp³-hybridized carbons (Fsp3) is 0.200. The van der Waals surface area contributed by atoms with Gasteiger partial charge in [0.05, 0.1) is 0 Å². The highest BCUT2D eigenvalue weighted by Crippen LogP contribution is 2.21. The number of nitrogens with one attached hydrogen (secondary N) is 1. The number of rotatable bonds is 6. The summed E-state index contributed by atoms with van der Waals surface area (Å²) < 4.78 is 5.21. The standard InChI is InChI=1S/C20H20ClN3O2/c1-13-3-5-16(6-4-13)18-11-20(26-24-18)23-19(25)12-22-14(2)15-7-9-17(21)10-8-15/h3-11,14,22H,12H2,1-2H3,(H,23,25)/p+1/t14-/m1/s1. The van der Waals surface area contributed by atoms with Gasteiger partial charge in [0.1, 0.15) is 11.7 Å². The van der Waals surface area contributed by atoms with Crippen molar-refractivity contribution >= 4 is 23.4 Å². The van der Waals surface area contributed by atoms with Crippen molar-refractivity contribution in [3.63, 3.8) is 0 Å². The van der Waals surface area contributed by atoms with Gasteiger partial charge in [-0.25, -0.2) is 0 Å². The van der Waals surface area contributed by atoms with E-state index in [1.54, 1.807) is 6.07 Å². The number of amides is 1. The number of aryl methyl sites for hydroxylation is 1. The van der Waals surface area contributed by atoms with Gasteiger partial charge in [0.25, 0.3) is 5.91 Å². The fourth-order valence-electron chi connectivity index (χ4n) is 2.57. The van der Waals surface area contributed by atoms with Crippen molar-refractivity contribution in [2.24, 2.45) is 0 Å². The largest absolute Gasteiger partial charge is 0.338 e. The third-order valence-electron chi connectivity index (χ3n) is 4.17. The van der Waals surface area contributed by atoms with Crippen molar-refractivity contribution in [2.75, 3.05) is 11.9 Å². The van der Waals surface area contributed by atoms with Crippen LogP contribution in [0, 0.1) is 6.92 Å². The molecule has 2 aromatic carbocycles. The Kier molecular flexibility index (Phi) is 5.71. The van der Waals surface area contributed by atoms with Crippen LogP contribution in [0.15, 0.2) is 59.1 Å². The molecule has 1 atom stereocenters. The second-order valence-corrected chi connectivity index (χ2v) is 6.71. The highest BCUT2D eigenvalue weighted by molar-refractivity contribution is 6.30. The van der Waals surface area contributed by atoms with Crippen molar-refractivity contribution in [3.8, 4) is 11.3 Å². The van der Waals surface area contributed by atoms with E-state index < -0.39 is 0 Å². The van der Waals surface area contributed by atoms with Crippen molar-refractivity contribution in [3.05, 3.63) is 70.7 Å². The van der Waals surface area contributed by atoms with E-state index in [1.165, 1.54) is 5.56 Å². The minimum Gasteiger partial charge on any atom is -0.338 e. The van der Waals surface area contributed by atoms with Gasteiger partial charge < -0.3 is 9.84 Å². The predicted octanol–water partition coefficient (Wildman–Crippen LogP) is 3.57. The van der Waals surface area contributed by atoms with Crippen LogP contribution in [0.1, 0.15) is 24.1 Å². The van der Waals surface area contributed by atoms with Crippen LogP contribution in [-0.2, 0) is 4.79 Å². The maximum atomic E-state index is 12.1. The average Bonchev–Trinajstić information content (AvgIpc) is 3.09. The quantitative estimate of drug-likeness (QED) is 0.696. The molecule has 3 aromatic rings. The van der Waals surface area contributed by atoms with Gasteiger partial charge in [0.15, 0.2) is 6.54 Å². The number of quaternary nitrogens is 1. The fourth-order valence-corrected chi connectivity index (χ4v) is 2.70. The Morgan fingerprint density at radius 2 is 1.88 bits per heavy atom. The zero-order chi connectivity index (χ0) is 18.5. The molecule has 3 N–H and O–H groups in total. The van der Waals surface area contributed by atoms with Gasteiger partial charge >= 0.3 is 0 Å². The van der Waals surface area contributed by atoms with E-state index >= 15 is 0 Å². The molecule has 0 saturated carbocycles. The van der Waals surface area contributed by atoms with Crippen molar-refractivity contribution in [1.29, 1.82) is 0 Å². The molecule has 0 aliphatic heterocycles. The summed E-state index contributed by atoms with van der Waals surface area (Å²) in [5.41, 5.74) is 3.93. The number of aromatic nitrogens is 1. The minimum atomic E-state index is -0.141. The SMILES string of the molecule is Cc1ccc(-c2cc(NC(=O)C[NH2+][C@H](C)c3ccc(Cl)cc3)on2)cc1. The summed E-state index contributed by atoms with van der Waals surface area (Å²) >= 11 is 5.90. The van der Waals surface area contributed by atoms with E-state index in [0.29, 0.717) is 16.6 Å².